The fourth-order valence-electron chi connectivity index (χ4n) is 2.65. The number of nitrogens with one attached hydrogen (secondary N) is 1. The third kappa shape index (κ3) is 3.38. The molecule has 2 aromatic carbocycles. The van der Waals surface area contributed by atoms with Crippen LogP contribution in [0.4, 0.5) is 0 Å². The van der Waals surface area contributed by atoms with E-state index >= 15 is 0 Å². The van der Waals surface area contributed by atoms with Crippen LogP contribution >= 0.6 is 0 Å². The van der Waals surface area contributed by atoms with Gasteiger partial charge in [-0.1, -0.05) is 36.4 Å². The van der Waals surface area contributed by atoms with Gasteiger partial charge < -0.3 is 10.1 Å². The van der Waals surface area contributed by atoms with Crippen molar-refractivity contribution < 1.29 is 9.53 Å². The number of carbonyl (C=O) groups excluding carboxylic acids is 1. The number of aromatic nitrogens is 1. The van der Waals surface area contributed by atoms with Crippen molar-refractivity contribution in [3.63, 3.8) is 0 Å². The highest BCUT2D eigenvalue weighted by molar-refractivity contribution is 5.96. The molecule has 0 aliphatic carbocycles. The van der Waals surface area contributed by atoms with E-state index in [0.29, 0.717) is 18.1 Å². The molecule has 1 heterocycles. The van der Waals surface area contributed by atoms with E-state index in [1.807, 2.05) is 32.0 Å². The van der Waals surface area contributed by atoms with Gasteiger partial charge in [0.15, 0.2) is 0 Å². The summed E-state index contributed by atoms with van der Waals surface area (Å²) in [5.74, 6) is 0.176. The number of benzene rings is 2. The molecule has 24 heavy (non-hydrogen) atoms. The van der Waals surface area contributed by atoms with E-state index in [9.17, 15) is 4.79 Å². The van der Waals surface area contributed by atoms with Gasteiger partial charge in [0.2, 0.25) is 5.88 Å². The van der Waals surface area contributed by atoms with Crippen molar-refractivity contribution in [3.05, 3.63) is 71.9 Å². The number of rotatable bonds is 5. The molecule has 1 aromatic heterocycles. The number of nitrogens with zero attached hydrogens (tertiary/aromatic N) is 1. The SMILES string of the molecule is CCOc1ncccc1C(=O)N[C@@H](C)c1ccc2ccccc2c1. The summed E-state index contributed by atoms with van der Waals surface area (Å²) >= 11 is 0. The first-order valence-corrected chi connectivity index (χ1v) is 8.06. The van der Waals surface area contributed by atoms with Crippen LogP contribution in [-0.2, 0) is 0 Å². The van der Waals surface area contributed by atoms with E-state index in [1.54, 1.807) is 18.3 Å². The van der Waals surface area contributed by atoms with Crippen LogP contribution in [0.15, 0.2) is 60.8 Å². The Bertz CT molecular complexity index is 861. The minimum atomic E-state index is -0.188. The van der Waals surface area contributed by atoms with E-state index in [1.165, 1.54) is 5.39 Å². The highest BCUT2D eigenvalue weighted by Crippen LogP contribution is 2.21. The molecule has 1 amide bonds. The van der Waals surface area contributed by atoms with E-state index in [-0.39, 0.29) is 11.9 Å². The number of amides is 1. The van der Waals surface area contributed by atoms with Crippen LogP contribution in [0.2, 0.25) is 0 Å². The van der Waals surface area contributed by atoms with E-state index in [4.69, 9.17) is 4.74 Å². The summed E-state index contributed by atoms with van der Waals surface area (Å²) in [6, 6.07) is 17.7. The topological polar surface area (TPSA) is 51.2 Å². The molecule has 3 rings (SSSR count). The Morgan fingerprint density at radius 3 is 2.71 bits per heavy atom. The third-order valence-electron chi connectivity index (χ3n) is 3.92. The molecule has 0 aliphatic rings. The van der Waals surface area contributed by atoms with Crippen molar-refractivity contribution in [3.8, 4) is 5.88 Å². The first-order chi connectivity index (χ1) is 11.7. The molecule has 0 radical (unpaired) electrons. The van der Waals surface area contributed by atoms with Gasteiger partial charge in [0.25, 0.3) is 5.91 Å². The zero-order chi connectivity index (χ0) is 16.9. The normalized spacial score (nSPS) is 11.9. The van der Waals surface area contributed by atoms with Gasteiger partial charge in [-0.2, -0.15) is 0 Å². The summed E-state index contributed by atoms with van der Waals surface area (Å²) in [7, 11) is 0. The van der Waals surface area contributed by atoms with Crippen LogP contribution in [-0.4, -0.2) is 17.5 Å². The molecule has 4 heteroatoms. The summed E-state index contributed by atoms with van der Waals surface area (Å²) in [6.07, 6.45) is 1.62. The standard InChI is InChI=1S/C20H20N2O2/c1-3-24-20-18(9-6-12-21-20)19(23)22-14(2)16-11-10-15-7-4-5-8-17(15)13-16/h4-14H,3H2,1-2H3,(H,22,23)/t14-/m0/s1. The zero-order valence-corrected chi connectivity index (χ0v) is 13.8. The van der Waals surface area contributed by atoms with E-state index in [2.05, 4.69) is 34.6 Å². The lowest BCUT2D eigenvalue weighted by atomic mass is 10.0. The number of carbonyl (C=O) groups is 1. The van der Waals surface area contributed by atoms with Gasteiger partial charge in [0.05, 0.1) is 12.6 Å². The first kappa shape index (κ1) is 16.0. The Morgan fingerprint density at radius 1 is 1.12 bits per heavy atom. The second-order valence-electron chi connectivity index (χ2n) is 5.59. The average molecular weight is 320 g/mol. The molecule has 4 nitrogen and oxygen atoms in total. The van der Waals surface area contributed by atoms with Crippen LogP contribution in [0, 0.1) is 0 Å². The van der Waals surface area contributed by atoms with E-state index in [0.717, 1.165) is 10.9 Å². The largest absolute Gasteiger partial charge is 0.477 e. The molecular weight excluding hydrogens is 300 g/mol. The number of hydrogen-bond donors (Lipinski definition) is 1. The Labute approximate surface area is 141 Å². The van der Waals surface area contributed by atoms with Crippen molar-refractivity contribution in [1.82, 2.24) is 10.3 Å². The van der Waals surface area contributed by atoms with Crippen LogP contribution in [0.5, 0.6) is 5.88 Å². The molecular formula is C20H20N2O2. The number of pyridine rings is 1. The summed E-state index contributed by atoms with van der Waals surface area (Å²) in [4.78, 5) is 16.7. The van der Waals surface area contributed by atoms with Gasteiger partial charge in [-0.15, -0.1) is 0 Å². The zero-order valence-electron chi connectivity index (χ0n) is 13.8. The van der Waals surface area contributed by atoms with Gasteiger partial charge in [-0.25, -0.2) is 4.98 Å². The quantitative estimate of drug-likeness (QED) is 0.769. The van der Waals surface area contributed by atoms with Gasteiger partial charge in [0.1, 0.15) is 5.56 Å². The lowest BCUT2D eigenvalue weighted by Gasteiger charge is -2.16. The molecule has 0 saturated heterocycles. The van der Waals surface area contributed by atoms with Crippen molar-refractivity contribution in [2.75, 3.05) is 6.61 Å². The number of fused-ring (bicyclic) bond motifs is 1. The maximum atomic E-state index is 12.6. The van der Waals surface area contributed by atoms with Crippen LogP contribution in [0.3, 0.4) is 0 Å². The lowest BCUT2D eigenvalue weighted by molar-refractivity contribution is 0.0935. The molecule has 122 valence electrons. The monoisotopic (exact) mass is 320 g/mol. The highest BCUT2D eigenvalue weighted by atomic mass is 16.5. The minimum absolute atomic E-state index is 0.114. The molecule has 0 spiro atoms. The number of ether oxygens (including phenoxy) is 1. The Balaban J connectivity index is 1.80. The average Bonchev–Trinajstić information content (AvgIpc) is 2.62. The smallest absolute Gasteiger partial charge is 0.257 e. The molecule has 1 N–H and O–H groups in total. The molecule has 0 aliphatic heterocycles. The maximum absolute atomic E-state index is 12.6. The summed E-state index contributed by atoms with van der Waals surface area (Å²) in [5.41, 5.74) is 1.51. The fourth-order valence-corrected chi connectivity index (χ4v) is 2.65. The Hall–Kier alpha value is -2.88. The van der Waals surface area contributed by atoms with Crippen LogP contribution in [0.25, 0.3) is 10.8 Å². The summed E-state index contributed by atoms with van der Waals surface area (Å²) in [6.45, 7) is 4.31. The van der Waals surface area contributed by atoms with Gasteiger partial charge in [-0.3, -0.25) is 4.79 Å². The van der Waals surface area contributed by atoms with Crippen LogP contribution in [0.1, 0.15) is 35.8 Å². The molecule has 1 atom stereocenters. The third-order valence-corrected chi connectivity index (χ3v) is 3.92. The molecule has 0 fully saturated rings. The minimum Gasteiger partial charge on any atom is -0.477 e. The van der Waals surface area contributed by atoms with E-state index < -0.39 is 0 Å². The second kappa shape index (κ2) is 7.13. The first-order valence-electron chi connectivity index (χ1n) is 8.06. The fraction of sp³-hybridized carbons (Fsp3) is 0.200. The van der Waals surface area contributed by atoms with Gasteiger partial charge in [0, 0.05) is 6.20 Å². The summed E-state index contributed by atoms with van der Waals surface area (Å²) in [5, 5.41) is 5.36. The number of hydrogen-bond acceptors (Lipinski definition) is 3. The Kier molecular flexibility index (Phi) is 4.75. The molecule has 0 saturated carbocycles. The predicted molar refractivity (Wildman–Crippen MR) is 95.2 cm³/mol. The van der Waals surface area contributed by atoms with Gasteiger partial charge >= 0.3 is 0 Å². The molecule has 0 unspecified atom stereocenters. The molecule has 3 aromatic rings. The molecule has 0 bridgehead atoms. The van der Waals surface area contributed by atoms with Crippen molar-refractivity contribution in [1.29, 1.82) is 0 Å². The summed E-state index contributed by atoms with van der Waals surface area (Å²) < 4.78 is 5.43. The van der Waals surface area contributed by atoms with Gasteiger partial charge in [-0.05, 0) is 48.4 Å². The van der Waals surface area contributed by atoms with Crippen molar-refractivity contribution >= 4 is 16.7 Å². The second-order valence-corrected chi connectivity index (χ2v) is 5.59. The predicted octanol–water partition coefficient (Wildman–Crippen LogP) is 4.12. The highest BCUT2D eigenvalue weighted by Gasteiger charge is 2.16. The van der Waals surface area contributed by atoms with Crippen molar-refractivity contribution in [2.45, 2.75) is 19.9 Å². The van der Waals surface area contributed by atoms with Crippen LogP contribution < -0.4 is 10.1 Å². The maximum Gasteiger partial charge on any atom is 0.257 e. The lowest BCUT2D eigenvalue weighted by Crippen LogP contribution is -2.27. The Morgan fingerprint density at radius 2 is 1.92 bits per heavy atom. The van der Waals surface area contributed by atoms with Crippen molar-refractivity contribution in [2.24, 2.45) is 0 Å².